The summed E-state index contributed by atoms with van der Waals surface area (Å²) in [6, 6.07) is 10.1. The summed E-state index contributed by atoms with van der Waals surface area (Å²) in [5.41, 5.74) is 1.11. The highest BCUT2D eigenvalue weighted by Gasteiger charge is 2.28. The van der Waals surface area contributed by atoms with Gasteiger partial charge >= 0.3 is 0 Å². The van der Waals surface area contributed by atoms with Crippen molar-refractivity contribution >= 4 is 27.5 Å². The van der Waals surface area contributed by atoms with Crippen molar-refractivity contribution in [1.82, 2.24) is 10.2 Å². The van der Waals surface area contributed by atoms with E-state index in [0.717, 1.165) is 38.4 Å². The molecule has 0 bridgehead atoms. The van der Waals surface area contributed by atoms with E-state index in [1.54, 1.807) is 37.3 Å². The summed E-state index contributed by atoms with van der Waals surface area (Å²) in [6.07, 6.45) is 6.51. The Hall–Kier alpha value is -3.34. The van der Waals surface area contributed by atoms with E-state index in [-0.39, 0.29) is 49.6 Å². The number of fused-ring (bicyclic) bond motifs is 1. The second kappa shape index (κ2) is 13.3. The molecule has 0 aromatic heterocycles. The molecular formula is C29H38FN3O6S. The number of benzene rings is 2. The number of anilines is 1. The monoisotopic (exact) mass is 575 g/mol. The minimum Gasteiger partial charge on any atom is -0.486 e. The van der Waals surface area contributed by atoms with E-state index in [1.165, 1.54) is 21.3 Å². The molecule has 9 nitrogen and oxygen atoms in total. The smallest absolute Gasteiger partial charge is 0.242 e. The fraction of sp³-hybridized carbons (Fsp3) is 0.517. The van der Waals surface area contributed by atoms with Gasteiger partial charge < -0.3 is 19.7 Å². The number of rotatable bonds is 11. The molecule has 40 heavy (non-hydrogen) atoms. The van der Waals surface area contributed by atoms with Crippen molar-refractivity contribution in [1.29, 1.82) is 0 Å². The Labute approximate surface area is 235 Å². The topological polar surface area (TPSA) is 105 Å². The van der Waals surface area contributed by atoms with Crippen molar-refractivity contribution in [3.63, 3.8) is 0 Å². The van der Waals surface area contributed by atoms with E-state index in [9.17, 15) is 22.4 Å². The number of ether oxygens (including phenoxy) is 2. The molecule has 2 aromatic rings. The molecule has 1 fully saturated rings. The zero-order chi connectivity index (χ0) is 28.7. The highest BCUT2D eigenvalue weighted by molar-refractivity contribution is 7.92. The standard InChI is InChI=1S/C29H38FN3O6S/c1-21(29(35)31-24-7-4-3-5-8-24)32(20-22-10-12-23(30)13-11-22)28(34)9-6-16-33(40(2,36)37)25-14-15-26-27(19-25)39-18-17-38-26/h10-15,19,21,24H,3-9,16-18,20H2,1-2H3,(H,31,35)/t21-/m1/s1. The number of nitrogens with zero attached hydrogens (tertiary/aromatic N) is 2. The summed E-state index contributed by atoms with van der Waals surface area (Å²) in [5.74, 6) is 0.125. The summed E-state index contributed by atoms with van der Waals surface area (Å²) in [7, 11) is -3.65. The first-order valence-corrected chi connectivity index (χ1v) is 15.7. The maximum atomic E-state index is 13.5. The first-order chi connectivity index (χ1) is 19.1. The van der Waals surface area contributed by atoms with E-state index in [2.05, 4.69) is 5.32 Å². The van der Waals surface area contributed by atoms with Crippen LogP contribution in [-0.2, 0) is 26.2 Å². The Balaban J connectivity index is 1.45. The van der Waals surface area contributed by atoms with Crippen LogP contribution in [0.2, 0.25) is 0 Å². The first kappa shape index (κ1) is 29.6. The normalized spacial score (nSPS) is 16.2. The molecule has 11 heteroatoms. The molecule has 1 saturated carbocycles. The molecule has 2 aliphatic rings. The molecule has 1 aliphatic heterocycles. The first-order valence-electron chi connectivity index (χ1n) is 13.8. The maximum absolute atomic E-state index is 13.5. The molecule has 2 amide bonds. The number of halogens is 1. The van der Waals surface area contributed by atoms with Crippen molar-refractivity contribution in [2.45, 2.75) is 70.5 Å². The third kappa shape index (κ3) is 7.87. The van der Waals surface area contributed by atoms with Crippen molar-refractivity contribution in [3.05, 3.63) is 53.8 Å². The molecule has 4 rings (SSSR count). The van der Waals surface area contributed by atoms with Crippen molar-refractivity contribution in [2.75, 3.05) is 30.3 Å². The largest absolute Gasteiger partial charge is 0.486 e. The number of nitrogens with one attached hydrogen (secondary N) is 1. The van der Waals surface area contributed by atoms with Gasteiger partial charge in [0, 0.05) is 31.6 Å². The number of hydrogen-bond acceptors (Lipinski definition) is 6. The van der Waals surface area contributed by atoms with Gasteiger partial charge in [0.05, 0.1) is 11.9 Å². The Bertz CT molecular complexity index is 1280. The molecule has 1 heterocycles. The van der Waals surface area contributed by atoms with Crippen LogP contribution in [0.15, 0.2) is 42.5 Å². The molecule has 1 N–H and O–H groups in total. The Morgan fingerprint density at radius 1 is 1.02 bits per heavy atom. The fourth-order valence-electron chi connectivity index (χ4n) is 5.13. The van der Waals surface area contributed by atoms with E-state index >= 15 is 0 Å². The van der Waals surface area contributed by atoms with Gasteiger partial charge in [-0.05, 0) is 56.0 Å². The molecule has 218 valence electrons. The second-order valence-electron chi connectivity index (χ2n) is 10.4. The zero-order valence-electron chi connectivity index (χ0n) is 23.1. The van der Waals surface area contributed by atoms with Gasteiger partial charge in [-0.15, -0.1) is 0 Å². The second-order valence-corrected chi connectivity index (χ2v) is 12.3. The van der Waals surface area contributed by atoms with Gasteiger partial charge in [-0.3, -0.25) is 13.9 Å². The maximum Gasteiger partial charge on any atom is 0.242 e. The van der Waals surface area contributed by atoms with Gasteiger partial charge in [0.1, 0.15) is 25.1 Å². The van der Waals surface area contributed by atoms with Crippen LogP contribution in [0.1, 0.15) is 57.4 Å². The summed E-state index contributed by atoms with van der Waals surface area (Å²) in [5, 5.41) is 3.09. The van der Waals surface area contributed by atoms with E-state index in [4.69, 9.17) is 9.47 Å². The summed E-state index contributed by atoms with van der Waals surface area (Å²) in [4.78, 5) is 28.1. The minimum atomic E-state index is -3.65. The van der Waals surface area contributed by atoms with Crippen molar-refractivity contribution in [2.24, 2.45) is 0 Å². The zero-order valence-corrected chi connectivity index (χ0v) is 23.9. The minimum absolute atomic E-state index is 0.0266. The average Bonchev–Trinajstić information content (AvgIpc) is 2.94. The molecule has 2 aromatic carbocycles. The molecule has 0 unspecified atom stereocenters. The van der Waals surface area contributed by atoms with Crippen molar-refractivity contribution in [3.8, 4) is 11.5 Å². The van der Waals surface area contributed by atoms with Crippen molar-refractivity contribution < 1.29 is 31.9 Å². The predicted octanol–water partition coefficient (Wildman–Crippen LogP) is 4.01. The summed E-state index contributed by atoms with van der Waals surface area (Å²) in [6.45, 7) is 2.70. The lowest BCUT2D eigenvalue weighted by Gasteiger charge is -2.31. The Morgan fingerprint density at radius 2 is 1.70 bits per heavy atom. The summed E-state index contributed by atoms with van der Waals surface area (Å²) >= 11 is 0. The SMILES string of the molecule is C[C@H](C(=O)NC1CCCCC1)N(Cc1ccc(F)cc1)C(=O)CCCN(c1ccc2c(c1)OCCO2)S(C)(=O)=O. The molecule has 0 spiro atoms. The Morgan fingerprint density at radius 3 is 2.38 bits per heavy atom. The van der Waals surface area contributed by atoms with Crippen LogP contribution in [0.4, 0.5) is 10.1 Å². The molecule has 0 saturated heterocycles. The van der Waals surface area contributed by atoms with Crippen LogP contribution < -0.4 is 19.1 Å². The lowest BCUT2D eigenvalue weighted by atomic mass is 9.95. The van der Waals surface area contributed by atoms with Gasteiger partial charge in [-0.2, -0.15) is 0 Å². The van der Waals surface area contributed by atoms with Gasteiger partial charge in [0.2, 0.25) is 21.8 Å². The lowest BCUT2D eigenvalue weighted by Crippen LogP contribution is -2.50. The van der Waals surface area contributed by atoms with Gasteiger partial charge in [-0.25, -0.2) is 12.8 Å². The highest BCUT2D eigenvalue weighted by Crippen LogP contribution is 2.34. The number of hydrogen-bond donors (Lipinski definition) is 1. The van der Waals surface area contributed by atoms with E-state index in [1.807, 2.05) is 0 Å². The molecule has 1 atom stereocenters. The van der Waals surface area contributed by atoms with Crippen LogP contribution in [-0.4, -0.2) is 63.2 Å². The third-order valence-corrected chi connectivity index (χ3v) is 8.55. The van der Waals surface area contributed by atoms with Crippen LogP contribution in [0, 0.1) is 5.82 Å². The predicted molar refractivity (Wildman–Crippen MR) is 150 cm³/mol. The average molecular weight is 576 g/mol. The van der Waals surface area contributed by atoms with Crippen LogP contribution in [0.3, 0.4) is 0 Å². The highest BCUT2D eigenvalue weighted by atomic mass is 32.2. The summed E-state index contributed by atoms with van der Waals surface area (Å²) < 4.78 is 51.1. The van der Waals surface area contributed by atoms with Gasteiger partial charge in [-0.1, -0.05) is 31.4 Å². The van der Waals surface area contributed by atoms with Gasteiger partial charge in [0.15, 0.2) is 11.5 Å². The van der Waals surface area contributed by atoms with Crippen LogP contribution in [0.25, 0.3) is 0 Å². The fourth-order valence-corrected chi connectivity index (χ4v) is 6.09. The number of carbonyl (C=O) groups excluding carboxylic acids is 2. The van der Waals surface area contributed by atoms with E-state index in [0.29, 0.717) is 36.0 Å². The molecular weight excluding hydrogens is 537 g/mol. The van der Waals surface area contributed by atoms with Gasteiger partial charge in [0.25, 0.3) is 0 Å². The molecule has 0 radical (unpaired) electrons. The Kier molecular flexibility index (Phi) is 9.89. The number of amides is 2. The number of sulfonamides is 1. The van der Waals surface area contributed by atoms with E-state index < -0.39 is 16.1 Å². The quantitative estimate of drug-likeness (QED) is 0.434. The molecule has 1 aliphatic carbocycles. The lowest BCUT2D eigenvalue weighted by molar-refractivity contribution is -0.141. The van der Waals surface area contributed by atoms with Crippen LogP contribution in [0.5, 0.6) is 11.5 Å². The number of carbonyl (C=O) groups is 2. The third-order valence-electron chi connectivity index (χ3n) is 7.35. The van der Waals surface area contributed by atoms with Crippen LogP contribution >= 0.6 is 0 Å².